The van der Waals surface area contributed by atoms with Gasteiger partial charge in [0, 0.05) is 36.6 Å². The number of fused-ring (bicyclic) bond motifs is 1. The van der Waals surface area contributed by atoms with E-state index in [1.54, 1.807) is 11.0 Å². The van der Waals surface area contributed by atoms with E-state index < -0.39 is 5.97 Å². The van der Waals surface area contributed by atoms with Crippen molar-refractivity contribution < 1.29 is 28.3 Å². The van der Waals surface area contributed by atoms with Crippen LogP contribution in [-0.2, 0) is 20.9 Å². The Morgan fingerprint density at radius 2 is 1.94 bits per heavy atom. The number of aromatic nitrogens is 2. The average molecular weight is 466 g/mol. The van der Waals surface area contributed by atoms with Crippen LogP contribution in [0.4, 0.5) is 0 Å². The lowest BCUT2D eigenvalue weighted by Crippen LogP contribution is -2.33. The third-order valence-electron chi connectivity index (χ3n) is 5.60. The van der Waals surface area contributed by atoms with Crippen LogP contribution in [0.5, 0.6) is 11.5 Å². The van der Waals surface area contributed by atoms with Gasteiger partial charge < -0.3 is 23.6 Å². The van der Waals surface area contributed by atoms with E-state index in [4.69, 9.17) is 18.7 Å². The van der Waals surface area contributed by atoms with Crippen molar-refractivity contribution in [2.75, 3.05) is 19.9 Å². The highest BCUT2D eigenvalue weighted by Crippen LogP contribution is 2.32. The van der Waals surface area contributed by atoms with Gasteiger partial charge in [-0.05, 0) is 63.1 Å². The molecule has 1 amide bonds. The van der Waals surface area contributed by atoms with Gasteiger partial charge in [-0.15, -0.1) is 0 Å². The van der Waals surface area contributed by atoms with Crippen molar-refractivity contribution in [1.29, 1.82) is 0 Å². The highest BCUT2D eigenvalue weighted by atomic mass is 16.7. The molecule has 0 N–H and O–H groups in total. The van der Waals surface area contributed by atoms with Crippen LogP contribution < -0.4 is 9.47 Å². The molecule has 0 atom stereocenters. The molecule has 9 nitrogen and oxygen atoms in total. The molecule has 1 aromatic carbocycles. The maximum absolute atomic E-state index is 12.6. The first-order valence-corrected chi connectivity index (χ1v) is 11.0. The predicted molar refractivity (Wildman–Crippen MR) is 124 cm³/mol. The van der Waals surface area contributed by atoms with Crippen molar-refractivity contribution in [3.8, 4) is 17.3 Å². The summed E-state index contributed by atoms with van der Waals surface area (Å²) >= 11 is 0. The molecule has 1 aliphatic rings. The number of hydrogen-bond acceptors (Lipinski definition) is 7. The van der Waals surface area contributed by atoms with Crippen LogP contribution in [0, 0.1) is 20.8 Å². The summed E-state index contributed by atoms with van der Waals surface area (Å²) in [6.07, 6.45) is 2.99. The Labute approximate surface area is 197 Å². The fraction of sp³-hybridized carbons (Fsp3) is 0.320. The van der Waals surface area contributed by atoms with Gasteiger partial charge >= 0.3 is 5.97 Å². The summed E-state index contributed by atoms with van der Waals surface area (Å²) < 4.78 is 23.0. The normalized spacial score (nSPS) is 12.4. The number of rotatable bonds is 8. The Hall–Kier alpha value is -4.01. The standard InChI is InChI=1S/C25H27N3O6/c1-5-27(13-19-6-8-21-22(12-19)33-15-32-21)24(29)14-31-25(30)9-7-20-10-16(2)28(18(20)4)23-11-17(3)34-26-23/h6-12H,5,13-15H2,1-4H3/b9-7+. The number of carbonyl (C=O) groups is 2. The fourth-order valence-corrected chi connectivity index (χ4v) is 3.83. The van der Waals surface area contributed by atoms with Gasteiger partial charge in [-0.2, -0.15) is 0 Å². The summed E-state index contributed by atoms with van der Waals surface area (Å²) in [4.78, 5) is 26.5. The molecule has 0 aliphatic carbocycles. The van der Waals surface area contributed by atoms with E-state index in [-0.39, 0.29) is 19.3 Å². The van der Waals surface area contributed by atoms with Crippen LogP contribution in [0.25, 0.3) is 11.9 Å². The van der Waals surface area contributed by atoms with Crippen LogP contribution in [0.3, 0.4) is 0 Å². The lowest BCUT2D eigenvalue weighted by Gasteiger charge is -2.20. The monoisotopic (exact) mass is 465 g/mol. The minimum Gasteiger partial charge on any atom is -0.454 e. The molecule has 0 radical (unpaired) electrons. The number of aryl methyl sites for hydroxylation is 2. The van der Waals surface area contributed by atoms with Crippen molar-refractivity contribution in [3.05, 3.63) is 64.7 Å². The number of benzene rings is 1. The van der Waals surface area contributed by atoms with Crippen molar-refractivity contribution >= 4 is 18.0 Å². The average Bonchev–Trinajstić information content (AvgIpc) is 3.52. The summed E-state index contributed by atoms with van der Waals surface area (Å²) in [7, 11) is 0. The van der Waals surface area contributed by atoms with E-state index in [0.717, 1.165) is 22.5 Å². The van der Waals surface area contributed by atoms with E-state index in [1.807, 2.05) is 62.6 Å². The smallest absolute Gasteiger partial charge is 0.331 e. The third kappa shape index (κ3) is 4.98. The second-order valence-corrected chi connectivity index (χ2v) is 7.99. The Kier molecular flexibility index (Phi) is 6.72. The number of amides is 1. The highest BCUT2D eigenvalue weighted by Gasteiger charge is 2.18. The molecule has 4 rings (SSSR count). The lowest BCUT2D eigenvalue weighted by molar-refractivity contribution is -0.148. The topological polar surface area (TPSA) is 96.0 Å². The fourth-order valence-electron chi connectivity index (χ4n) is 3.83. The molecule has 9 heteroatoms. The van der Waals surface area contributed by atoms with Crippen LogP contribution in [0.1, 0.15) is 35.2 Å². The molecular weight excluding hydrogens is 438 g/mol. The van der Waals surface area contributed by atoms with Crippen LogP contribution in [0.2, 0.25) is 0 Å². The summed E-state index contributed by atoms with van der Waals surface area (Å²) in [5.41, 5.74) is 3.62. The SMILES string of the molecule is CCN(Cc1ccc2c(c1)OCO2)C(=O)COC(=O)/C=C/c1cc(C)n(-c2cc(C)on2)c1C. The summed E-state index contributed by atoms with van der Waals surface area (Å²) in [5.74, 6) is 1.89. The first-order chi connectivity index (χ1) is 16.4. The second kappa shape index (κ2) is 9.86. The van der Waals surface area contributed by atoms with Crippen molar-refractivity contribution in [2.24, 2.45) is 0 Å². The zero-order chi connectivity index (χ0) is 24.2. The molecule has 0 saturated carbocycles. The molecule has 0 unspecified atom stereocenters. The Balaban J connectivity index is 1.33. The predicted octanol–water partition coefficient (Wildman–Crippen LogP) is 3.72. The van der Waals surface area contributed by atoms with Gasteiger partial charge in [-0.25, -0.2) is 4.79 Å². The number of esters is 1. The van der Waals surface area contributed by atoms with Crippen molar-refractivity contribution in [3.63, 3.8) is 0 Å². The number of hydrogen-bond donors (Lipinski definition) is 0. The Morgan fingerprint density at radius 1 is 1.15 bits per heavy atom. The number of carbonyl (C=O) groups excluding carboxylic acids is 2. The minimum absolute atomic E-state index is 0.197. The lowest BCUT2D eigenvalue weighted by atomic mass is 10.2. The van der Waals surface area contributed by atoms with E-state index >= 15 is 0 Å². The van der Waals surface area contributed by atoms with E-state index in [1.165, 1.54) is 6.08 Å². The molecule has 0 fully saturated rings. The van der Waals surface area contributed by atoms with Gasteiger partial charge in [-0.3, -0.25) is 9.36 Å². The highest BCUT2D eigenvalue weighted by molar-refractivity contribution is 5.89. The third-order valence-corrected chi connectivity index (χ3v) is 5.60. The van der Waals surface area contributed by atoms with E-state index in [9.17, 15) is 9.59 Å². The molecule has 34 heavy (non-hydrogen) atoms. The molecule has 178 valence electrons. The zero-order valence-electron chi connectivity index (χ0n) is 19.7. The van der Waals surface area contributed by atoms with Crippen LogP contribution in [-0.4, -0.2) is 46.4 Å². The minimum atomic E-state index is -0.588. The van der Waals surface area contributed by atoms with Gasteiger partial charge in [0.15, 0.2) is 23.9 Å². The number of ether oxygens (including phenoxy) is 3. The van der Waals surface area contributed by atoms with Gasteiger partial charge in [-0.1, -0.05) is 11.2 Å². The molecule has 0 saturated heterocycles. The molecule has 0 spiro atoms. The first kappa shape index (κ1) is 23.2. The first-order valence-electron chi connectivity index (χ1n) is 11.0. The summed E-state index contributed by atoms with van der Waals surface area (Å²) in [5, 5.41) is 4.05. The van der Waals surface area contributed by atoms with E-state index in [0.29, 0.717) is 36.2 Å². The molecule has 1 aliphatic heterocycles. The van der Waals surface area contributed by atoms with Crippen molar-refractivity contribution in [2.45, 2.75) is 34.2 Å². The second-order valence-electron chi connectivity index (χ2n) is 7.99. The Morgan fingerprint density at radius 3 is 2.68 bits per heavy atom. The maximum atomic E-state index is 12.6. The summed E-state index contributed by atoms with van der Waals surface area (Å²) in [6.45, 7) is 8.31. The molecule has 0 bridgehead atoms. The van der Waals surface area contributed by atoms with Gasteiger partial charge in [0.2, 0.25) is 6.79 Å². The number of nitrogens with zero attached hydrogens (tertiary/aromatic N) is 3. The summed E-state index contributed by atoms with van der Waals surface area (Å²) in [6, 6.07) is 9.34. The Bertz CT molecular complexity index is 1240. The van der Waals surface area contributed by atoms with Gasteiger partial charge in [0.25, 0.3) is 5.91 Å². The maximum Gasteiger partial charge on any atom is 0.331 e. The quantitative estimate of drug-likeness (QED) is 0.369. The molecular formula is C25H27N3O6. The van der Waals surface area contributed by atoms with Crippen molar-refractivity contribution in [1.82, 2.24) is 14.6 Å². The molecule has 3 aromatic rings. The number of likely N-dealkylation sites (N-methyl/N-ethyl adjacent to an activating group) is 1. The van der Waals surface area contributed by atoms with E-state index in [2.05, 4.69) is 5.16 Å². The van der Waals surface area contributed by atoms with Gasteiger partial charge in [0.05, 0.1) is 0 Å². The van der Waals surface area contributed by atoms with Gasteiger partial charge in [0.1, 0.15) is 5.76 Å². The van der Waals surface area contributed by atoms with Crippen LogP contribution in [0.15, 0.2) is 40.9 Å². The largest absolute Gasteiger partial charge is 0.454 e. The van der Waals surface area contributed by atoms with Crippen LogP contribution >= 0.6 is 0 Å². The molecule has 2 aromatic heterocycles. The zero-order valence-corrected chi connectivity index (χ0v) is 19.7. The molecule has 3 heterocycles.